The van der Waals surface area contributed by atoms with Gasteiger partial charge in [0.1, 0.15) is 16.5 Å². The van der Waals surface area contributed by atoms with Crippen molar-refractivity contribution >= 4 is 46.4 Å². The minimum Gasteiger partial charge on any atom is -0.495 e. The van der Waals surface area contributed by atoms with E-state index in [0.717, 1.165) is 16.0 Å². The summed E-state index contributed by atoms with van der Waals surface area (Å²) >= 11 is 12.3. The molecule has 0 aliphatic carbocycles. The van der Waals surface area contributed by atoms with E-state index in [2.05, 4.69) is 5.32 Å². The maximum absolute atomic E-state index is 12.9. The summed E-state index contributed by atoms with van der Waals surface area (Å²) in [5.41, 5.74) is 2.58. The minimum absolute atomic E-state index is 0.0000535. The van der Waals surface area contributed by atoms with Crippen LogP contribution in [0.3, 0.4) is 0 Å². The number of carbonyl (C=O) groups excluding carboxylic acids is 2. The van der Waals surface area contributed by atoms with Crippen molar-refractivity contribution in [1.29, 1.82) is 0 Å². The molecule has 7 heteroatoms. The van der Waals surface area contributed by atoms with Crippen molar-refractivity contribution in [2.45, 2.75) is 13.8 Å². The highest BCUT2D eigenvalue weighted by atomic mass is 35.5. The lowest BCUT2D eigenvalue weighted by molar-refractivity contribution is -0.120. The molecule has 5 nitrogen and oxygen atoms in total. The van der Waals surface area contributed by atoms with Crippen LogP contribution in [0.15, 0.2) is 47.1 Å². The van der Waals surface area contributed by atoms with Crippen molar-refractivity contribution in [3.05, 3.63) is 63.3 Å². The van der Waals surface area contributed by atoms with Crippen LogP contribution in [0, 0.1) is 13.8 Å². The number of nitrogens with one attached hydrogen (secondary N) is 1. The van der Waals surface area contributed by atoms with Gasteiger partial charge in [0.2, 0.25) is 0 Å². The predicted octanol–water partition coefficient (Wildman–Crippen LogP) is 4.40. The molecule has 1 N–H and O–H groups in total. The molecule has 2 aromatic rings. The SMILES string of the molecule is COc1cc(Cl)c(C)cc1NC1=C(Cl)C(=O)N(c2ccccc2C)C1=O. The molecule has 2 amide bonds. The molecule has 134 valence electrons. The van der Waals surface area contributed by atoms with Crippen LogP contribution in [0.25, 0.3) is 0 Å². The lowest BCUT2D eigenvalue weighted by Gasteiger charge is -2.18. The molecule has 0 fully saturated rings. The van der Waals surface area contributed by atoms with Gasteiger partial charge in [-0.3, -0.25) is 9.59 Å². The van der Waals surface area contributed by atoms with Crippen LogP contribution in [0.1, 0.15) is 11.1 Å². The molecular formula is C19H16Cl2N2O3. The summed E-state index contributed by atoms with van der Waals surface area (Å²) in [6, 6.07) is 10.5. The number of ether oxygens (including phenoxy) is 1. The van der Waals surface area contributed by atoms with Crippen LogP contribution < -0.4 is 15.0 Å². The molecule has 1 aliphatic heterocycles. The van der Waals surface area contributed by atoms with Crippen molar-refractivity contribution in [3.8, 4) is 5.75 Å². The number of carbonyl (C=O) groups is 2. The first-order valence-electron chi connectivity index (χ1n) is 7.80. The fourth-order valence-corrected chi connectivity index (χ4v) is 3.08. The van der Waals surface area contributed by atoms with E-state index in [1.165, 1.54) is 7.11 Å². The molecule has 0 saturated carbocycles. The molecule has 1 heterocycles. The molecule has 26 heavy (non-hydrogen) atoms. The van der Waals surface area contributed by atoms with Gasteiger partial charge in [-0.05, 0) is 37.1 Å². The summed E-state index contributed by atoms with van der Waals surface area (Å²) in [7, 11) is 1.49. The standard InChI is InChI=1S/C19H16Cl2N2O3/c1-10-6-4-5-7-14(10)23-18(24)16(21)17(19(23)25)22-13-8-11(2)12(20)9-15(13)26-3/h4-9,22H,1-3H3. The van der Waals surface area contributed by atoms with E-state index < -0.39 is 11.8 Å². The Morgan fingerprint density at radius 3 is 2.35 bits per heavy atom. The van der Waals surface area contributed by atoms with Crippen LogP contribution in [0.4, 0.5) is 11.4 Å². The fourth-order valence-electron chi connectivity index (χ4n) is 2.71. The first-order chi connectivity index (χ1) is 12.3. The molecule has 0 radical (unpaired) electrons. The topological polar surface area (TPSA) is 58.6 Å². The highest BCUT2D eigenvalue weighted by Crippen LogP contribution is 2.36. The summed E-state index contributed by atoms with van der Waals surface area (Å²) in [5, 5.41) is 3.29. The van der Waals surface area contributed by atoms with Gasteiger partial charge in [-0.2, -0.15) is 0 Å². The zero-order valence-corrected chi connectivity index (χ0v) is 15.9. The van der Waals surface area contributed by atoms with Crippen molar-refractivity contribution < 1.29 is 14.3 Å². The molecule has 0 spiro atoms. The van der Waals surface area contributed by atoms with Crippen molar-refractivity contribution in [2.24, 2.45) is 0 Å². The molecular weight excluding hydrogens is 375 g/mol. The second-order valence-corrected chi connectivity index (χ2v) is 6.63. The fraction of sp³-hybridized carbons (Fsp3) is 0.158. The first-order valence-corrected chi connectivity index (χ1v) is 8.56. The molecule has 3 rings (SSSR count). The highest BCUT2D eigenvalue weighted by Gasteiger charge is 2.39. The van der Waals surface area contributed by atoms with E-state index in [9.17, 15) is 9.59 Å². The van der Waals surface area contributed by atoms with Gasteiger partial charge < -0.3 is 10.1 Å². The van der Waals surface area contributed by atoms with E-state index in [4.69, 9.17) is 27.9 Å². The Bertz CT molecular complexity index is 954. The van der Waals surface area contributed by atoms with E-state index in [1.807, 2.05) is 26.0 Å². The Balaban J connectivity index is 2.00. The van der Waals surface area contributed by atoms with E-state index in [0.29, 0.717) is 22.1 Å². The highest BCUT2D eigenvalue weighted by molar-refractivity contribution is 6.53. The average Bonchev–Trinajstić information content (AvgIpc) is 2.82. The van der Waals surface area contributed by atoms with Crippen molar-refractivity contribution in [1.82, 2.24) is 0 Å². The van der Waals surface area contributed by atoms with Crippen molar-refractivity contribution in [2.75, 3.05) is 17.3 Å². The third-order valence-corrected chi connectivity index (χ3v) is 4.88. The van der Waals surface area contributed by atoms with Crippen LogP contribution in [-0.2, 0) is 9.59 Å². The zero-order chi connectivity index (χ0) is 19.0. The monoisotopic (exact) mass is 390 g/mol. The van der Waals surface area contributed by atoms with Gasteiger partial charge in [0.15, 0.2) is 0 Å². The molecule has 0 saturated heterocycles. The minimum atomic E-state index is -0.571. The smallest absolute Gasteiger partial charge is 0.283 e. The summed E-state index contributed by atoms with van der Waals surface area (Å²) < 4.78 is 5.30. The van der Waals surface area contributed by atoms with Gasteiger partial charge in [-0.15, -0.1) is 0 Å². The zero-order valence-electron chi connectivity index (χ0n) is 14.4. The van der Waals surface area contributed by atoms with Crippen LogP contribution in [-0.4, -0.2) is 18.9 Å². The van der Waals surface area contributed by atoms with Crippen molar-refractivity contribution in [3.63, 3.8) is 0 Å². The number of para-hydroxylation sites is 1. The van der Waals surface area contributed by atoms with Gasteiger partial charge in [-0.1, -0.05) is 41.4 Å². The van der Waals surface area contributed by atoms with Crippen LogP contribution in [0.5, 0.6) is 5.75 Å². The molecule has 0 bridgehead atoms. The van der Waals surface area contributed by atoms with Gasteiger partial charge in [-0.25, -0.2) is 4.90 Å². The number of methoxy groups -OCH3 is 1. The summed E-state index contributed by atoms with van der Waals surface area (Å²) in [6.45, 7) is 3.64. The Morgan fingerprint density at radius 2 is 1.69 bits per heavy atom. The Kier molecular flexibility index (Phi) is 4.94. The molecule has 0 atom stereocenters. The Morgan fingerprint density at radius 1 is 1.00 bits per heavy atom. The van der Waals surface area contributed by atoms with E-state index >= 15 is 0 Å². The second kappa shape index (κ2) is 7.02. The van der Waals surface area contributed by atoms with Crippen LogP contribution >= 0.6 is 23.2 Å². The third kappa shape index (κ3) is 3.04. The number of nitrogens with zero attached hydrogens (tertiary/aromatic N) is 1. The maximum atomic E-state index is 12.9. The number of hydrogen-bond donors (Lipinski definition) is 1. The summed E-state index contributed by atoms with van der Waals surface area (Å²) in [4.78, 5) is 26.5. The average molecular weight is 391 g/mol. The largest absolute Gasteiger partial charge is 0.495 e. The molecule has 2 aromatic carbocycles. The third-order valence-electron chi connectivity index (χ3n) is 4.12. The second-order valence-electron chi connectivity index (χ2n) is 5.85. The molecule has 1 aliphatic rings. The van der Waals surface area contributed by atoms with Gasteiger partial charge >= 0.3 is 0 Å². The number of aryl methyl sites for hydroxylation is 2. The van der Waals surface area contributed by atoms with E-state index in [-0.39, 0.29) is 10.7 Å². The summed E-state index contributed by atoms with van der Waals surface area (Å²) in [6.07, 6.45) is 0. The number of imide groups is 1. The van der Waals surface area contributed by atoms with Gasteiger partial charge in [0, 0.05) is 11.1 Å². The quantitative estimate of drug-likeness (QED) is 0.785. The van der Waals surface area contributed by atoms with E-state index in [1.54, 1.807) is 24.3 Å². The Labute approximate surface area is 161 Å². The number of anilines is 2. The Hall–Kier alpha value is -2.50. The van der Waals surface area contributed by atoms with Crippen LogP contribution in [0.2, 0.25) is 5.02 Å². The first kappa shape index (κ1) is 18.3. The molecule has 0 unspecified atom stereocenters. The number of benzene rings is 2. The maximum Gasteiger partial charge on any atom is 0.283 e. The normalized spacial score (nSPS) is 14.3. The predicted molar refractivity (Wildman–Crippen MR) is 103 cm³/mol. The lowest BCUT2D eigenvalue weighted by atomic mass is 10.2. The number of amides is 2. The number of halogens is 2. The van der Waals surface area contributed by atoms with Gasteiger partial charge in [0.05, 0.1) is 18.5 Å². The molecule has 0 aromatic heterocycles. The van der Waals surface area contributed by atoms with Gasteiger partial charge in [0.25, 0.3) is 11.8 Å². The summed E-state index contributed by atoms with van der Waals surface area (Å²) in [5.74, 6) is -0.658. The lowest BCUT2D eigenvalue weighted by Crippen LogP contribution is -2.32. The number of hydrogen-bond acceptors (Lipinski definition) is 4. The number of rotatable bonds is 4.